The van der Waals surface area contributed by atoms with Crippen LogP contribution in [0.25, 0.3) is 22.2 Å². The van der Waals surface area contributed by atoms with Crippen molar-refractivity contribution in [2.45, 2.75) is 18.5 Å². The van der Waals surface area contributed by atoms with E-state index in [4.69, 9.17) is 16.6 Å². The number of nitrogens with one attached hydrogen (secondary N) is 2. The molecule has 34 heavy (non-hydrogen) atoms. The molecule has 0 spiro atoms. The number of amides is 1. The number of piperazine rings is 1. The van der Waals surface area contributed by atoms with Crippen LogP contribution in [0.4, 0.5) is 5.95 Å². The summed E-state index contributed by atoms with van der Waals surface area (Å²) < 4.78 is 0. The zero-order chi connectivity index (χ0) is 23.7. The SMILES string of the molecule is CN(C)C/C=C/C(=O)N1CCN2C[C@@H](Nc3ncc(Cl)c(-c4c[nH]c5ccccc45)n3)C[C@H]2C1. The van der Waals surface area contributed by atoms with Gasteiger partial charge in [0.1, 0.15) is 0 Å². The molecule has 2 saturated heterocycles. The Bertz CT molecular complexity index is 1210. The van der Waals surface area contributed by atoms with Gasteiger partial charge in [-0.1, -0.05) is 35.9 Å². The molecule has 2 aromatic heterocycles. The van der Waals surface area contributed by atoms with E-state index in [9.17, 15) is 4.79 Å². The van der Waals surface area contributed by atoms with Crippen LogP contribution in [0.1, 0.15) is 6.42 Å². The van der Waals surface area contributed by atoms with Crippen LogP contribution in [0.2, 0.25) is 5.02 Å². The Morgan fingerprint density at radius 1 is 1.29 bits per heavy atom. The van der Waals surface area contributed by atoms with Gasteiger partial charge < -0.3 is 20.1 Å². The lowest BCUT2D eigenvalue weighted by Gasteiger charge is -2.36. The van der Waals surface area contributed by atoms with E-state index in [1.54, 1.807) is 12.3 Å². The van der Waals surface area contributed by atoms with E-state index < -0.39 is 0 Å². The number of likely N-dealkylation sites (N-methyl/N-ethyl adjacent to an activating group) is 1. The number of benzene rings is 1. The van der Waals surface area contributed by atoms with Gasteiger partial charge in [0.2, 0.25) is 11.9 Å². The second kappa shape index (κ2) is 9.74. The third-order valence-corrected chi connectivity index (χ3v) is 6.86. The predicted octanol–water partition coefficient (Wildman–Crippen LogP) is 3.09. The van der Waals surface area contributed by atoms with E-state index in [1.807, 2.05) is 54.4 Å². The normalized spacial score (nSPS) is 21.0. The smallest absolute Gasteiger partial charge is 0.246 e. The minimum atomic E-state index is 0.0994. The Balaban J connectivity index is 1.25. The van der Waals surface area contributed by atoms with Crippen LogP contribution in [0.5, 0.6) is 0 Å². The number of aromatic nitrogens is 3. The fourth-order valence-corrected chi connectivity index (χ4v) is 5.09. The summed E-state index contributed by atoms with van der Waals surface area (Å²) in [5.74, 6) is 0.677. The third-order valence-electron chi connectivity index (χ3n) is 6.58. The van der Waals surface area contributed by atoms with E-state index in [0.717, 1.165) is 55.6 Å². The minimum absolute atomic E-state index is 0.0994. The third kappa shape index (κ3) is 4.80. The molecule has 178 valence electrons. The Morgan fingerprint density at radius 2 is 2.15 bits per heavy atom. The van der Waals surface area contributed by atoms with Crippen molar-refractivity contribution in [1.29, 1.82) is 0 Å². The second-order valence-electron chi connectivity index (χ2n) is 9.31. The van der Waals surface area contributed by atoms with Crippen molar-refractivity contribution in [3.63, 3.8) is 0 Å². The summed E-state index contributed by atoms with van der Waals surface area (Å²) in [6.45, 7) is 4.08. The molecule has 0 bridgehead atoms. The number of carbonyl (C=O) groups excluding carboxylic acids is 1. The lowest BCUT2D eigenvalue weighted by Crippen LogP contribution is -2.51. The lowest BCUT2D eigenvalue weighted by atomic mass is 10.1. The van der Waals surface area contributed by atoms with E-state index in [-0.39, 0.29) is 11.9 Å². The Labute approximate surface area is 204 Å². The van der Waals surface area contributed by atoms with E-state index in [2.05, 4.69) is 26.3 Å². The summed E-state index contributed by atoms with van der Waals surface area (Å²) in [4.78, 5) is 31.5. The van der Waals surface area contributed by atoms with Crippen LogP contribution in [-0.4, -0.2) is 94.5 Å². The van der Waals surface area contributed by atoms with Crippen molar-refractivity contribution in [3.8, 4) is 11.3 Å². The van der Waals surface area contributed by atoms with Gasteiger partial charge in [-0.05, 0) is 26.6 Å². The molecule has 8 nitrogen and oxygen atoms in total. The molecule has 0 unspecified atom stereocenters. The number of fused-ring (bicyclic) bond motifs is 2. The van der Waals surface area contributed by atoms with Gasteiger partial charge in [0.05, 0.1) is 16.9 Å². The Morgan fingerprint density at radius 3 is 3.00 bits per heavy atom. The molecule has 2 atom stereocenters. The van der Waals surface area contributed by atoms with Gasteiger partial charge >= 0.3 is 0 Å². The molecular formula is C25H30ClN7O. The number of para-hydroxylation sites is 1. The molecule has 4 heterocycles. The zero-order valence-electron chi connectivity index (χ0n) is 19.5. The van der Waals surface area contributed by atoms with Gasteiger partial charge in [0, 0.05) is 73.5 Å². The molecule has 0 aliphatic carbocycles. The zero-order valence-corrected chi connectivity index (χ0v) is 20.3. The molecule has 3 aromatic rings. The number of carbonyl (C=O) groups is 1. The molecular weight excluding hydrogens is 450 g/mol. The minimum Gasteiger partial charge on any atom is -0.360 e. The van der Waals surface area contributed by atoms with Crippen molar-refractivity contribution in [2.75, 3.05) is 52.1 Å². The van der Waals surface area contributed by atoms with E-state index >= 15 is 0 Å². The molecule has 5 rings (SSSR count). The van der Waals surface area contributed by atoms with Gasteiger partial charge in [0.25, 0.3) is 0 Å². The van der Waals surface area contributed by atoms with Crippen molar-refractivity contribution >= 4 is 34.4 Å². The summed E-state index contributed by atoms with van der Waals surface area (Å²) in [6, 6.07) is 8.67. The van der Waals surface area contributed by atoms with Gasteiger partial charge in [0.15, 0.2) is 0 Å². The summed E-state index contributed by atoms with van der Waals surface area (Å²) in [5, 5.41) is 5.11. The van der Waals surface area contributed by atoms with E-state index in [0.29, 0.717) is 22.7 Å². The average Bonchev–Trinajstić information content (AvgIpc) is 3.43. The number of halogens is 1. The van der Waals surface area contributed by atoms with Crippen molar-refractivity contribution in [1.82, 2.24) is 29.7 Å². The van der Waals surface area contributed by atoms with Gasteiger partial charge in [-0.2, -0.15) is 0 Å². The highest BCUT2D eigenvalue weighted by Gasteiger charge is 2.37. The highest BCUT2D eigenvalue weighted by molar-refractivity contribution is 6.33. The largest absolute Gasteiger partial charge is 0.360 e. The first-order chi connectivity index (χ1) is 16.5. The molecule has 9 heteroatoms. The molecule has 0 radical (unpaired) electrons. The summed E-state index contributed by atoms with van der Waals surface area (Å²) in [6.07, 6.45) is 8.18. The molecule has 1 aromatic carbocycles. The fraction of sp³-hybridized carbons (Fsp3) is 0.400. The summed E-state index contributed by atoms with van der Waals surface area (Å²) >= 11 is 6.48. The quantitative estimate of drug-likeness (QED) is 0.529. The molecule has 2 N–H and O–H groups in total. The predicted molar refractivity (Wildman–Crippen MR) is 136 cm³/mol. The molecule has 2 aliphatic rings. The number of H-pyrrole nitrogens is 1. The molecule has 2 aliphatic heterocycles. The van der Waals surface area contributed by atoms with Crippen molar-refractivity contribution in [2.24, 2.45) is 0 Å². The number of hydrogen-bond donors (Lipinski definition) is 2. The first-order valence-corrected chi connectivity index (χ1v) is 12.1. The standard InChI is InChI=1S/C25H30ClN7O/c1-31(2)9-5-8-23(34)33-11-10-32-15-17(12-18(32)16-33)29-25-28-14-21(26)24(30-25)20-13-27-22-7-4-3-6-19(20)22/h3-8,13-14,17-18,27H,9-12,15-16H2,1-2H3,(H,28,29,30)/b8-5+/t17-,18-/m0/s1. The van der Waals surface area contributed by atoms with Crippen LogP contribution < -0.4 is 5.32 Å². The first kappa shape index (κ1) is 22.8. The van der Waals surface area contributed by atoms with Gasteiger partial charge in [-0.25, -0.2) is 9.97 Å². The highest BCUT2D eigenvalue weighted by atomic mass is 35.5. The van der Waals surface area contributed by atoms with Crippen LogP contribution in [-0.2, 0) is 4.79 Å². The van der Waals surface area contributed by atoms with Gasteiger partial charge in [-0.15, -0.1) is 0 Å². The van der Waals surface area contributed by atoms with Crippen LogP contribution >= 0.6 is 11.6 Å². The topological polar surface area (TPSA) is 80.4 Å². The summed E-state index contributed by atoms with van der Waals surface area (Å²) in [5.41, 5.74) is 2.73. The van der Waals surface area contributed by atoms with Crippen LogP contribution in [0, 0.1) is 0 Å². The van der Waals surface area contributed by atoms with Crippen molar-refractivity contribution < 1.29 is 4.79 Å². The van der Waals surface area contributed by atoms with Crippen molar-refractivity contribution in [3.05, 3.63) is 53.8 Å². The maximum Gasteiger partial charge on any atom is 0.246 e. The fourth-order valence-electron chi connectivity index (χ4n) is 4.89. The number of nitrogens with zero attached hydrogens (tertiary/aromatic N) is 5. The second-order valence-corrected chi connectivity index (χ2v) is 9.72. The van der Waals surface area contributed by atoms with E-state index in [1.165, 1.54) is 0 Å². The molecule has 1 amide bonds. The number of anilines is 1. The van der Waals surface area contributed by atoms with Crippen LogP contribution in [0.15, 0.2) is 48.8 Å². The number of hydrogen-bond acceptors (Lipinski definition) is 6. The average molecular weight is 480 g/mol. The maximum absolute atomic E-state index is 12.6. The summed E-state index contributed by atoms with van der Waals surface area (Å²) in [7, 11) is 3.99. The number of rotatable bonds is 6. The molecule has 2 fully saturated rings. The Hall–Kier alpha value is -2.94. The van der Waals surface area contributed by atoms with Gasteiger partial charge in [-0.3, -0.25) is 9.69 Å². The lowest BCUT2D eigenvalue weighted by molar-refractivity contribution is -0.128. The first-order valence-electron chi connectivity index (χ1n) is 11.7. The number of aromatic amines is 1. The maximum atomic E-state index is 12.6. The monoisotopic (exact) mass is 479 g/mol. The van der Waals surface area contributed by atoms with Crippen LogP contribution in [0.3, 0.4) is 0 Å². The molecule has 0 saturated carbocycles. The highest BCUT2D eigenvalue weighted by Crippen LogP contribution is 2.33. The Kier molecular flexibility index (Phi) is 6.54.